The summed E-state index contributed by atoms with van der Waals surface area (Å²) in [6.45, 7) is 2.68. The fourth-order valence-electron chi connectivity index (χ4n) is 3.35. The number of carbonyl (C=O) groups excluding carboxylic acids is 1. The molecular weight excluding hydrogens is 442 g/mol. The number of pyridine rings is 1. The minimum atomic E-state index is -0.374. The van der Waals surface area contributed by atoms with Crippen LogP contribution < -0.4 is 14.8 Å². The summed E-state index contributed by atoms with van der Waals surface area (Å²) in [5.74, 6) is 0.877. The van der Waals surface area contributed by atoms with Crippen LogP contribution in [0.2, 0.25) is 5.02 Å². The fourth-order valence-corrected chi connectivity index (χ4v) is 3.57. The van der Waals surface area contributed by atoms with E-state index >= 15 is 0 Å². The van der Waals surface area contributed by atoms with E-state index in [1.165, 1.54) is 0 Å². The number of rotatable bonds is 8. The van der Waals surface area contributed by atoms with Gasteiger partial charge in [0.25, 0.3) is 5.91 Å². The van der Waals surface area contributed by atoms with E-state index in [9.17, 15) is 4.79 Å². The van der Waals surface area contributed by atoms with Gasteiger partial charge in [-0.1, -0.05) is 35.0 Å². The van der Waals surface area contributed by atoms with Gasteiger partial charge in [0, 0.05) is 24.5 Å². The van der Waals surface area contributed by atoms with Crippen molar-refractivity contribution >= 4 is 17.5 Å². The van der Waals surface area contributed by atoms with Crippen molar-refractivity contribution in [1.82, 2.24) is 25.3 Å². The molecule has 1 amide bonds. The maximum Gasteiger partial charge on any atom is 0.274 e. The third kappa shape index (κ3) is 4.80. The summed E-state index contributed by atoms with van der Waals surface area (Å²) in [4.78, 5) is 17.3. The van der Waals surface area contributed by atoms with Crippen LogP contribution in [0, 0.1) is 0 Å². The highest BCUT2D eigenvalue weighted by Crippen LogP contribution is 2.29. The molecule has 33 heavy (non-hydrogen) atoms. The van der Waals surface area contributed by atoms with E-state index in [1.807, 2.05) is 43.3 Å². The quantitative estimate of drug-likeness (QED) is 0.418. The Morgan fingerprint density at radius 1 is 1.12 bits per heavy atom. The highest BCUT2D eigenvalue weighted by atomic mass is 35.5. The van der Waals surface area contributed by atoms with Gasteiger partial charge >= 0.3 is 0 Å². The van der Waals surface area contributed by atoms with E-state index in [-0.39, 0.29) is 18.1 Å². The average molecular weight is 464 g/mol. The molecule has 2 aromatic carbocycles. The Bertz CT molecular complexity index is 1260. The first-order valence-electron chi connectivity index (χ1n) is 10.3. The minimum Gasteiger partial charge on any atom is -0.493 e. The lowest BCUT2D eigenvalue weighted by Crippen LogP contribution is -2.24. The molecular formula is C24H22ClN5O3. The number of carbonyl (C=O) groups is 1. The standard InChI is InChI=1S/C24H22ClN5O3/c1-3-33-21-13-16(10-11-20(21)32-2)14-27-24(31)22-23(17-7-6-12-26-15-17)30(29-28-22)19-9-5-4-8-18(19)25/h4-13,15H,3,14H2,1-2H3,(H,27,31). The molecule has 0 aliphatic carbocycles. The maximum atomic E-state index is 13.1. The van der Waals surface area contributed by atoms with Gasteiger partial charge in [-0.2, -0.15) is 0 Å². The first-order chi connectivity index (χ1) is 16.1. The number of nitrogens with zero attached hydrogens (tertiary/aromatic N) is 4. The summed E-state index contributed by atoms with van der Waals surface area (Å²) in [7, 11) is 1.58. The van der Waals surface area contributed by atoms with Crippen molar-refractivity contribution in [2.24, 2.45) is 0 Å². The molecule has 0 unspecified atom stereocenters. The highest BCUT2D eigenvalue weighted by Gasteiger charge is 2.23. The van der Waals surface area contributed by atoms with Crippen LogP contribution in [-0.2, 0) is 6.54 Å². The molecule has 4 aromatic rings. The molecule has 0 aliphatic rings. The molecule has 0 saturated carbocycles. The summed E-state index contributed by atoms with van der Waals surface area (Å²) in [6.07, 6.45) is 3.31. The number of nitrogens with one attached hydrogen (secondary N) is 1. The van der Waals surface area contributed by atoms with Gasteiger partial charge in [-0.3, -0.25) is 9.78 Å². The molecule has 4 rings (SSSR count). The lowest BCUT2D eigenvalue weighted by molar-refractivity contribution is 0.0946. The number of hydrogen-bond acceptors (Lipinski definition) is 6. The first kappa shape index (κ1) is 22.3. The molecule has 0 aliphatic heterocycles. The highest BCUT2D eigenvalue weighted by molar-refractivity contribution is 6.32. The van der Waals surface area contributed by atoms with Gasteiger partial charge in [0.2, 0.25) is 0 Å². The predicted molar refractivity (Wildman–Crippen MR) is 125 cm³/mol. The lowest BCUT2D eigenvalue weighted by atomic mass is 10.1. The Kier molecular flexibility index (Phi) is 6.85. The molecule has 0 fully saturated rings. The third-order valence-electron chi connectivity index (χ3n) is 4.88. The summed E-state index contributed by atoms with van der Waals surface area (Å²) in [6, 6.07) is 16.4. The number of benzene rings is 2. The van der Waals surface area contributed by atoms with E-state index in [2.05, 4.69) is 20.6 Å². The second-order valence-corrected chi connectivity index (χ2v) is 7.40. The van der Waals surface area contributed by atoms with Crippen LogP contribution in [0.25, 0.3) is 16.9 Å². The van der Waals surface area contributed by atoms with Gasteiger partial charge in [0.15, 0.2) is 17.2 Å². The molecule has 168 valence electrons. The SMILES string of the molecule is CCOc1cc(CNC(=O)c2nnn(-c3ccccc3Cl)c2-c2cccnc2)ccc1OC. The molecule has 0 bridgehead atoms. The molecule has 0 atom stereocenters. The van der Waals surface area contributed by atoms with Crippen molar-refractivity contribution in [3.8, 4) is 28.4 Å². The van der Waals surface area contributed by atoms with Crippen LogP contribution in [0.1, 0.15) is 23.0 Å². The van der Waals surface area contributed by atoms with Crippen molar-refractivity contribution in [2.75, 3.05) is 13.7 Å². The topological polar surface area (TPSA) is 91.2 Å². The van der Waals surface area contributed by atoms with Crippen LogP contribution in [-0.4, -0.2) is 39.6 Å². The third-order valence-corrected chi connectivity index (χ3v) is 5.20. The van der Waals surface area contributed by atoms with Gasteiger partial charge in [-0.15, -0.1) is 5.10 Å². The smallest absolute Gasteiger partial charge is 0.274 e. The maximum absolute atomic E-state index is 13.1. The van der Waals surface area contributed by atoms with Crippen LogP contribution in [0.4, 0.5) is 0 Å². The monoisotopic (exact) mass is 463 g/mol. The summed E-state index contributed by atoms with van der Waals surface area (Å²) in [5.41, 5.74) is 2.82. The first-order valence-corrected chi connectivity index (χ1v) is 10.7. The Morgan fingerprint density at radius 3 is 2.70 bits per heavy atom. The number of methoxy groups -OCH3 is 1. The van der Waals surface area contributed by atoms with Gasteiger partial charge in [-0.05, 0) is 48.9 Å². The number of aromatic nitrogens is 4. The van der Waals surface area contributed by atoms with Crippen molar-refractivity contribution in [3.63, 3.8) is 0 Å². The molecule has 2 heterocycles. The number of ether oxygens (including phenoxy) is 2. The summed E-state index contributed by atoms with van der Waals surface area (Å²) >= 11 is 6.39. The largest absolute Gasteiger partial charge is 0.493 e. The van der Waals surface area contributed by atoms with Crippen LogP contribution in [0.15, 0.2) is 67.0 Å². The summed E-state index contributed by atoms with van der Waals surface area (Å²) < 4.78 is 12.5. The second-order valence-electron chi connectivity index (χ2n) is 6.99. The van der Waals surface area contributed by atoms with Crippen molar-refractivity contribution in [1.29, 1.82) is 0 Å². The zero-order valence-corrected chi connectivity index (χ0v) is 18.9. The van der Waals surface area contributed by atoms with E-state index in [4.69, 9.17) is 21.1 Å². The average Bonchev–Trinajstić information content (AvgIpc) is 3.29. The Morgan fingerprint density at radius 2 is 1.97 bits per heavy atom. The zero-order valence-electron chi connectivity index (χ0n) is 18.2. The molecule has 2 aromatic heterocycles. The lowest BCUT2D eigenvalue weighted by Gasteiger charge is -2.12. The number of hydrogen-bond donors (Lipinski definition) is 1. The zero-order chi connectivity index (χ0) is 23.2. The van der Waals surface area contributed by atoms with Crippen LogP contribution in [0.5, 0.6) is 11.5 Å². The predicted octanol–water partition coefficient (Wildman–Crippen LogP) is 4.32. The molecule has 0 radical (unpaired) electrons. The molecule has 1 N–H and O–H groups in total. The van der Waals surface area contributed by atoms with Gasteiger partial charge in [-0.25, -0.2) is 4.68 Å². The Hall–Kier alpha value is -3.91. The number of halogens is 1. The van der Waals surface area contributed by atoms with E-state index in [0.717, 1.165) is 5.56 Å². The van der Waals surface area contributed by atoms with Crippen LogP contribution >= 0.6 is 11.6 Å². The Labute approximate surface area is 196 Å². The van der Waals surface area contributed by atoms with E-state index < -0.39 is 0 Å². The van der Waals surface area contributed by atoms with Crippen LogP contribution in [0.3, 0.4) is 0 Å². The Balaban J connectivity index is 1.65. The number of para-hydroxylation sites is 1. The molecule has 0 spiro atoms. The van der Waals surface area contributed by atoms with Gasteiger partial charge in [0.05, 0.1) is 24.4 Å². The molecule has 9 heteroatoms. The normalized spacial score (nSPS) is 10.6. The van der Waals surface area contributed by atoms with Gasteiger partial charge < -0.3 is 14.8 Å². The minimum absolute atomic E-state index is 0.168. The molecule has 0 saturated heterocycles. The van der Waals surface area contributed by atoms with E-state index in [1.54, 1.807) is 42.4 Å². The fraction of sp³-hybridized carbons (Fsp3) is 0.167. The second kappa shape index (κ2) is 10.1. The van der Waals surface area contributed by atoms with Gasteiger partial charge in [0.1, 0.15) is 5.69 Å². The van der Waals surface area contributed by atoms with Crippen molar-refractivity contribution in [2.45, 2.75) is 13.5 Å². The number of amides is 1. The van der Waals surface area contributed by atoms with Crippen molar-refractivity contribution < 1.29 is 14.3 Å². The summed E-state index contributed by atoms with van der Waals surface area (Å²) in [5, 5.41) is 11.8. The van der Waals surface area contributed by atoms with E-state index in [0.29, 0.717) is 40.1 Å². The van der Waals surface area contributed by atoms with Crippen molar-refractivity contribution in [3.05, 3.63) is 83.3 Å². The molecule has 8 nitrogen and oxygen atoms in total.